The van der Waals surface area contributed by atoms with E-state index in [2.05, 4.69) is 20.3 Å². The van der Waals surface area contributed by atoms with Crippen molar-refractivity contribution < 1.29 is 9.53 Å². The highest BCUT2D eigenvalue weighted by Crippen LogP contribution is 2.19. The van der Waals surface area contributed by atoms with Gasteiger partial charge in [-0.3, -0.25) is 9.78 Å². The van der Waals surface area contributed by atoms with Crippen LogP contribution >= 0.6 is 22.9 Å². The van der Waals surface area contributed by atoms with E-state index in [-0.39, 0.29) is 5.91 Å². The number of nitrogens with zero attached hydrogens (tertiary/aromatic N) is 3. The Morgan fingerprint density at radius 3 is 3.14 bits per heavy atom. The van der Waals surface area contributed by atoms with Gasteiger partial charge in [-0.25, -0.2) is 9.97 Å². The maximum absolute atomic E-state index is 12.0. The molecule has 112 valence electrons. The number of amides is 1. The number of pyridine rings is 2. The van der Waals surface area contributed by atoms with Gasteiger partial charge >= 0.3 is 0 Å². The van der Waals surface area contributed by atoms with Crippen molar-refractivity contribution in [3.8, 4) is 5.75 Å². The highest BCUT2D eigenvalue weighted by Gasteiger charge is 2.12. The second-order valence-corrected chi connectivity index (χ2v) is 5.70. The van der Waals surface area contributed by atoms with Gasteiger partial charge in [0.05, 0.1) is 17.8 Å². The van der Waals surface area contributed by atoms with Crippen molar-refractivity contribution in [2.45, 2.75) is 0 Å². The van der Waals surface area contributed by atoms with Crippen LogP contribution in [0.2, 0.25) is 5.02 Å². The molecule has 0 bridgehead atoms. The molecule has 0 aromatic carbocycles. The van der Waals surface area contributed by atoms with E-state index in [1.54, 1.807) is 24.5 Å². The summed E-state index contributed by atoms with van der Waals surface area (Å²) in [6.45, 7) is 0.672. The predicted octanol–water partition coefficient (Wildman–Crippen LogP) is 2.55. The van der Waals surface area contributed by atoms with Crippen molar-refractivity contribution in [1.29, 1.82) is 0 Å². The molecule has 8 heteroatoms. The fourth-order valence-corrected chi connectivity index (χ4v) is 2.74. The minimum Gasteiger partial charge on any atom is -0.490 e. The van der Waals surface area contributed by atoms with E-state index in [0.717, 1.165) is 10.3 Å². The minimum absolute atomic E-state index is 0.240. The monoisotopic (exact) mass is 334 g/mol. The van der Waals surface area contributed by atoms with Crippen LogP contribution in [0.4, 0.5) is 0 Å². The first kappa shape index (κ1) is 14.7. The first-order chi connectivity index (χ1) is 10.7. The van der Waals surface area contributed by atoms with Gasteiger partial charge in [0.15, 0.2) is 5.01 Å². The van der Waals surface area contributed by atoms with Crippen LogP contribution < -0.4 is 10.1 Å². The third-order valence-electron chi connectivity index (χ3n) is 2.70. The minimum atomic E-state index is -0.240. The van der Waals surface area contributed by atoms with Gasteiger partial charge in [-0.05, 0) is 12.1 Å². The smallest absolute Gasteiger partial charge is 0.280 e. The zero-order valence-corrected chi connectivity index (χ0v) is 12.9. The van der Waals surface area contributed by atoms with E-state index in [1.807, 2.05) is 6.07 Å². The molecule has 22 heavy (non-hydrogen) atoms. The highest BCUT2D eigenvalue weighted by molar-refractivity contribution is 7.19. The summed E-state index contributed by atoms with van der Waals surface area (Å²) >= 11 is 7.06. The fraction of sp³-hybridized carbons (Fsp3) is 0.143. The number of nitrogens with one attached hydrogen (secondary N) is 1. The Kier molecular flexibility index (Phi) is 4.45. The number of carbonyl (C=O) groups is 1. The van der Waals surface area contributed by atoms with Crippen molar-refractivity contribution >= 4 is 39.2 Å². The van der Waals surface area contributed by atoms with Crippen molar-refractivity contribution in [3.63, 3.8) is 0 Å². The first-order valence-electron chi connectivity index (χ1n) is 6.45. The van der Waals surface area contributed by atoms with Crippen LogP contribution in [-0.4, -0.2) is 34.0 Å². The Balaban J connectivity index is 1.52. The predicted molar refractivity (Wildman–Crippen MR) is 84.5 cm³/mol. The van der Waals surface area contributed by atoms with Gasteiger partial charge in [0.2, 0.25) is 0 Å². The summed E-state index contributed by atoms with van der Waals surface area (Å²) in [4.78, 5) is 25.1. The lowest BCUT2D eigenvalue weighted by atomic mass is 10.4. The van der Waals surface area contributed by atoms with Gasteiger partial charge in [0.25, 0.3) is 5.91 Å². The van der Waals surface area contributed by atoms with E-state index in [4.69, 9.17) is 16.3 Å². The Morgan fingerprint density at radius 1 is 1.41 bits per heavy atom. The Hall–Kier alpha value is -2.25. The largest absolute Gasteiger partial charge is 0.490 e. The van der Waals surface area contributed by atoms with E-state index >= 15 is 0 Å². The Morgan fingerprint density at radius 2 is 2.32 bits per heavy atom. The van der Waals surface area contributed by atoms with Gasteiger partial charge in [-0.2, -0.15) is 0 Å². The molecule has 3 aromatic rings. The third-order valence-corrected chi connectivity index (χ3v) is 3.88. The van der Waals surface area contributed by atoms with Crippen molar-refractivity contribution in [3.05, 3.63) is 46.8 Å². The molecule has 0 atom stereocenters. The van der Waals surface area contributed by atoms with Crippen LogP contribution in [-0.2, 0) is 0 Å². The molecule has 0 saturated heterocycles. The summed E-state index contributed by atoms with van der Waals surface area (Å²) in [6, 6.07) is 5.27. The summed E-state index contributed by atoms with van der Waals surface area (Å²) in [6.07, 6.45) is 4.76. The maximum Gasteiger partial charge on any atom is 0.280 e. The average molecular weight is 335 g/mol. The molecule has 1 amide bonds. The van der Waals surface area contributed by atoms with Crippen LogP contribution in [0.15, 0.2) is 36.8 Å². The molecule has 0 aliphatic carbocycles. The number of ether oxygens (including phenoxy) is 1. The molecule has 0 fully saturated rings. The maximum atomic E-state index is 12.0. The second-order valence-electron chi connectivity index (χ2n) is 4.29. The molecule has 6 nitrogen and oxygen atoms in total. The van der Waals surface area contributed by atoms with Crippen molar-refractivity contribution in [1.82, 2.24) is 20.3 Å². The molecule has 1 N–H and O–H groups in total. The number of aromatic nitrogens is 3. The number of halogens is 1. The molecule has 0 aliphatic rings. The van der Waals surface area contributed by atoms with Crippen molar-refractivity contribution in [2.24, 2.45) is 0 Å². The highest BCUT2D eigenvalue weighted by atomic mass is 35.5. The number of carbonyl (C=O) groups excluding carboxylic acids is 1. The molecule has 3 rings (SSSR count). The van der Waals surface area contributed by atoms with E-state index in [1.165, 1.54) is 17.5 Å². The topological polar surface area (TPSA) is 77.0 Å². The number of fused-ring (bicyclic) bond motifs is 1. The third kappa shape index (κ3) is 3.49. The molecular weight excluding hydrogens is 324 g/mol. The second kappa shape index (κ2) is 6.67. The Labute approximate surface area is 135 Å². The summed E-state index contributed by atoms with van der Waals surface area (Å²) < 4.78 is 5.44. The van der Waals surface area contributed by atoms with Gasteiger partial charge in [-0.1, -0.05) is 22.9 Å². The summed E-state index contributed by atoms with van der Waals surface area (Å²) in [7, 11) is 0. The zero-order valence-electron chi connectivity index (χ0n) is 11.3. The van der Waals surface area contributed by atoms with Crippen LogP contribution in [0.1, 0.15) is 9.80 Å². The number of thiazole rings is 1. The zero-order chi connectivity index (χ0) is 15.4. The quantitative estimate of drug-likeness (QED) is 0.725. The molecule has 0 aliphatic heterocycles. The Bertz CT molecular complexity index is 775. The van der Waals surface area contributed by atoms with Crippen molar-refractivity contribution in [2.75, 3.05) is 13.2 Å². The van der Waals surface area contributed by atoms with Gasteiger partial charge < -0.3 is 10.1 Å². The van der Waals surface area contributed by atoms with Crippen LogP contribution in [0.25, 0.3) is 10.3 Å². The summed E-state index contributed by atoms with van der Waals surface area (Å²) in [5, 5.41) is 3.64. The van der Waals surface area contributed by atoms with Crippen LogP contribution in [0.5, 0.6) is 5.75 Å². The lowest BCUT2D eigenvalue weighted by Crippen LogP contribution is -2.27. The number of hydrogen-bond acceptors (Lipinski definition) is 6. The first-order valence-corrected chi connectivity index (χ1v) is 7.65. The normalized spacial score (nSPS) is 10.6. The SMILES string of the molecule is O=C(NCCOc1cncc(Cl)c1)c1nc2cccnc2s1. The summed E-state index contributed by atoms with van der Waals surface area (Å²) in [5.74, 6) is 0.321. The molecule has 0 saturated carbocycles. The summed E-state index contributed by atoms with van der Waals surface area (Å²) in [5.41, 5.74) is 0.721. The van der Waals surface area contributed by atoms with E-state index < -0.39 is 0 Å². The molecule has 0 radical (unpaired) electrons. The lowest BCUT2D eigenvalue weighted by molar-refractivity contribution is 0.0947. The fourth-order valence-electron chi connectivity index (χ4n) is 1.75. The van der Waals surface area contributed by atoms with E-state index in [9.17, 15) is 4.79 Å². The van der Waals surface area contributed by atoms with E-state index in [0.29, 0.717) is 28.9 Å². The number of hydrogen-bond donors (Lipinski definition) is 1. The van der Waals surface area contributed by atoms with Gasteiger partial charge in [-0.15, -0.1) is 0 Å². The standard InChI is InChI=1S/C14H11ClN4O2S/c15-9-6-10(8-16-7-9)21-5-4-17-12(20)14-19-11-2-1-3-18-13(11)22-14/h1-3,6-8H,4-5H2,(H,17,20). The van der Waals surface area contributed by atoms with Crippen LogP contribution in [0, 0.1) is 0 Å². The molecule has 3 heterocycles. The molecule has 0 unspecified atom stereocenters. The molecular formula is C14H11ClN4O2S. The molecule has 3 aromatic heterocycles. The van der Waals surface area contributed by atoms with Crippen LogP contribution in [0.3, 0.4) is 0 Å². The lowest BCUT2D eigenvalue weighted by Gasteiger charge is -2.06. The molecule has 0 spiro atoms. The number of rotatable bonds is 5. The van der Waals surface area contributed by atoms with Gasteiger partial charge in [0.1, 0.15) is 22.7 Å². The average Bonchev–Trinajstić information content (AvgIpc) is 2.95. The van der Waals surface area contributed by atoms with Gasteiger partial charge in [0, 0.05) is 18.5 Å².